The van der Waals surface area contributed by atoms with Crippen LogP contribution in [0.2, 0.25) is 0 Å². The molecule has 1 aliphatic rings. The van der Waals surface area contributed by atoms with Crippen molar-refractivity contribution in [1.29, 1.82) is 0 Å². The number of carbonyl (C=O) groups excluding carboxylic acids is 1. The predicted octanol–water partition coefficient (Wildman–Crippen LogP) is 2.42. The SMILES string of the molecule is CC(N)C(=O)CC1(Cc2ccccn2)CCN(C(C)C)CC1. The van der Waals surface area contributed by atoms with Crippen LogP contribution in [0.1, 0.15) is 45.7 Å². The summed E-state index contributed by atoms with van der Waals surface area (Å²) in [5.41, 5.74) is 6.91. The molecule has 1 saturated heterocycles. The Labute approximate surface area is 134 Å². The highest BCUT2D eigenvalue weighted by Crippen LogP contribution is 2.39. The van der Waals surface area contributed by atoms with Gasteiger partial charge in [0.1, 0.15) is 5.78 Å². The fourth-order valence-electron chi connectivity index (χ4n) is 3.35. The lowest BCUT2D eigenvalue weighted by atomic mass is 9.70. The van der Waals surface area contributed by atoms with Crippen molar-refractivity contribution < 1.29 is 4.79 Å². The second-order valence-electron chi connectivity index (χ2n) is 7.06. The van der Waals surface area contributed by atoms with Crippen LogP contribution >= 0.6 is 0 Å². The minimum absolute atomic E-state index is 0.0183. The molecule has 0 aliphatic carbocycles. The molecule has 1 atom stereocenters. The second-order valence-corrected chi connectivity index (χ2v) is 7.06. The van der Waals surface area contributed by atoms with Gasteiger partial charge in [-0.3, -0.25) is 9.78 Å². The molecule has 4 heteroatoms. The molecule has 0 spiro atoms. The predicted molar refractivity (Wildman–Crippen MR) is 89.6 cm³/mol. The average molecular weight is 303 g/mol. The third-order valence-corrected chi connectivity index (χ3v) is 4.93. The van der Waals surface area contributed by atoms with Crippen LogP contribution in [0.3, 0.4) is 0 Å². The number of piperidine rings is 1. The minimum Gasteiger partial charge on any atom is -0.322 e. The lowest BCUT2D eigenvalue weighted by molar-refractivity contribution is -0.123. The van der Waals surface area contributed by atoms with Gasteiger partial charge in [0.05, 0.1) is 6.04 Å². The van der Waals surface area contributed by atoms with Crippen LogP contribution < -0.4 is 5.73 Å². The van der Waals surface area contributed by atoms with Crippen molar-refractivity contribution in [2.24, 2.45) is 11.1 Å². The number of hydrogen-bond acceptors (Lipinski definition) is 4. The summed E-state index contributed by atoms with van der Waals surface area (Å²) in [6.45, 7) is 8.37. The molecule has 1 aliphatic heterocycles. The van der Waals surface area contributed by atoms with Gasteiger partial charge >= 0.3 is 0 Å². The highest BCUT2D eigenvalue weighted by molar-refractivity contribution is 5.84. The van der Waals surface area contributed by atoms with Crippen LogP contribution in [0.25, 0.3) is 0 Å². The first-order chi connectivity index (χ1) is 10.4. The van der Waals surface area contributed by atoms with E-state index in [4.69, 9.17) is 5.73 Å². The third-order valence-electron chi connectivity index (χ3n) is 4.93. The van der Waals surface area contributed by atoms with Crippen molar-refractivity contribution in [3.8, 4) is 0 Å². The fraction of sp³-hybridized carbons (Fsp3) is 0.667. The number of carbonyl (C=O) groups is 1. The van der Waals surface area contributed by atoms with E-state index in [0.717, 1.165) is 38.0 Å². The summed E-state index contributed by atoms with van der Waals surface area (Å²) in [5.74, 6) is 0.175. The maximum Gasteiger partial charge on any atom is 0.149 e. The molecule has 0 radical (unpaired) electrons. The van der Waals surface area contributed by atoms with Crippen molar-refractivity contribution in [1.82, 2.24) is 9.88 Å². The van der Waals surface area contributed by atoms with E-state index in [9.17, 15) is 4.79 Å². The number of pyridine rings is 1. The molecule has 2 rings (SSSR count). The number of likely N-dealkylation sites (tertiary alicyclic amines) is 1. The van der Waals surface area contributed by atoms with Crippen LogP contribution in [0, 0.1) is 5.41 Å². The van der Waals surface area contributed by atoms with Gasteiger partial charge in [-0.25, -0.2) is 0 Å². The Morgan fingerprint density at radius 3 is 2.50 bits per heavy atom. The minimum atomic E-state index is -0.372. The maximum atomic E-state index is 12.3. The molecule has 1 aromatic rings. The van der Waals surface area contributed by atoms with Gasteiger partial charge in [0, 0.05) is 24.4 Å². The van der Waals surface area contributed by atoms with Gasteiger partial charge in [-0.15, -0.1) is 0 Å². The van der Waals surface area contributed by atoms with Gasteiger partial charge in [-0.05, 0) is 70.7 Å². The summed E-state index contributed by atoms with van der Waals surface area (Å²) in [4.78, 5) is 19.2. The number of rotatable bonds is 6. The van der Waals surface area contributed by atoms with Crippen LogP contribution in [0.4, 0.5) is 0 Å². The molecular weight excluding hydrogens is 274 g/mol. The number of hydrogen-bond donors (Lipinski definition) is 1. The van der Waals surface area contributed by atoms with Gasteiger partial charge in [-0.1, -0.05) is 6.07 Å². The van der Waals surface area contributed by atoms with Crippen LogP contribution in [0.15, 0.2) is 24.4 Å². The molecule has 1 fully saturated rings. The number of Topliss-reactive ketones (excluding diaryl/α,β-unsaturated/α-hetero) is 1. The van der Waals surface area contributed by atoms with Gasteiger partial charge in [-0.2, -0.15) is 0 Å². The summed E-state index contributed by atoms with van der Waals surface area (Å²) in [6, 6.07) is 6.21. The van der Waals surface area contributed by atoms with E-state index in [1.165, 1.54) is 0 Å². The van der Waals surface area contributed by atoms with Crippen LogP contribution in [-0.4, -0.2) is 40.8 Å². The van der Waals surface area contributed by atoms with E-state index in [1.807, 2.05) is 18.3 Å². The standard InChI is InChI=1S/C18H29N3O/c1-14(2)21-10-7-18(8-11-21,13-17(22)15(3)19)12-16-6-4-5-9-20-16/h4-6,9,14-15H,7-8,10-13,19H2,1-3H3. The molecule has 4 nitrogen and oxygen atoms in total. The largest absolute Gasteiger partial charge is 0.322 e. The van der Waals surface area contributed by atoms with Crippen molar-refractivity contribution in [3.63, 3.8) is 0 Å². The highest BCUT2D eigenvalue weighted by Gasteiger charge is 2.37. The Morgan fingerprint density at radius 1 is 1.32 bits per heavy atom. The molecule has 0 bridgehead atoms. The average Bonchev–Trinajstić information content (AvgIpc) is 2.48. The van der Waals surface area contributed by atoms with Crippen LogP contribution in [-0.2, 0) is 11.2 Å². The molecule has 122 valence electrons. The molecular formula is C18H29N3O. The summed E-state index contributed by atoms with van der Waals surface area (Å²) < 4.78 is 0. The van der Waals surface area contributed by atoms with E-state index >= 15 is 0 Å². The number of ketones is 1. The van der Waals surface area contributed by atoms with Crippen molar-refractivity contribution in [2.45, 2.75) is 58.5 Å². The third kappa shape index (κ3) is 4.37. The topological polar surface area (TPSA) is 59.2 Å². The Balaban J connectivity index is 2.13. The van der Waals surface area contributed by atoms with E-state index < -0.39 is 0 Å². The Hall–Kier alpha value is -1.26. The zero-order valence-corrected chi connectivity index (χ0v) is 14.1. The first-order valence-electron chi connectivity index (χ1n) is 8.34. The molecule has 2 N–H and O–H groups in total. The molecule has 0 aromatic carbocycles. The summed E-state index contributed by atoms with van der Waals surface area (Å²) in [7, 11) is 0. The van der Waals surface area contributed by atoms with E-state index in [-0.39, 0.29) is 17.2 Å². The number of nitrogens with two attached hydrogens (primary N) is 1. The van der Waals surface area contributed by atoms with Crippen LogP contribution in [0.5, 0.6) is 0 Å². The Morgan fingerprint density at radius 2 is 2.00 bits per heavy atom. The fourth-order valence-corrected chi connectivity index (χ4v) is 3.35. The lowest BCUT2D eigenvalue weighted by Crippen LogP contribution is -2.46. The molecule has 1 unspecified atom stereocenters. The van der Waals surface area contributed by atoms with Gasteiger partial charge in [0.25, 0.3) is 0 Å². The van der Waals surface area contributed by atoms with Gasteiger partial charge in [0.15, 0.2) is 0 Å². The van der Waals surface area contributed by atoms with Crippen molar-refractivity contribution in [3.05, 3.63) is 30.1 Å². The van der Waals surface area contributed by atoms with E-state index in [1.54, 1.807) is 6.92 Å². The summed E-state index contributed by atoms with van der Waals surface area (Å²) in [6.07, 6.45) is 5.37. The second kappa shape index (κ2) is 7.34. The quantitative estimate of drug-likeness (QED) is 0.877. The smallest absolute Gasteiger partial charge is 0.149 e. The molecule has 1 aromatic heterocycles. The van der Waals surface area contributed by atoms with E-state index in [2.05, 4.69) is 29.8 Å². The van der Waals surface area contributed by atoms with Crippen molar-refractivity contribution >= 4 is 5.78 Å². The number of aromatic nitrogens is 1. The van der Waals surface area contributed by atoms with Gasteiger partial charge in [0.2, 0.25) is 0 Å². The zero-order valence-electron chi connectivity index (χ0n) is 14.1. The lowest BCUT2D eigenvalue weighted by Gasteiger charge is -2.43. The first-order valence-corrected chi connectivity index (χ1v) is 8.34. The summed E-state index contributed by atoms with van der Waals surface area (Å²) >= 11 is 0. The highest BCUT2D eigenvalue weighted by atomic mass is 16.1. The zero-order chi connectivity index (χ0) is 16.2. The Bertz CT molecular complexity index is 476. The molecule has 0 saturated carbocycles. The van der Waals surface area contributed by atoms with E-state index in [0.29, 0.717) is 12.5 Å². The normalized spacial score (nSPS) is 20.0. The summed E-state index contributed by atoms with van der Waals surface area (Å²) in [5, 5.41) is 0. The van der Waals surface area contributed by atoms with Crippen molar-refractivity contribution in [2.75, 3.05) is 13.1 Å². The first kappa shape index (κ1) is 17.1. The number of nitrogens with zero attached hydrogens (tertiary/aromatic N) is 2. The monoisotopic (exact) mass is 303 g/mol. The Kier molecular flexibility index (Phi) is 5.70. The maximum absolute atomic E-state index is 12.3. The molecule has 22 heavy (non-hydrogen) atoms. The molecule has 2 heterocycles. The molecule has 0 amide bonds. The van der Waals surface area contributed by atoms with Gasteiger partial charge < -0.3 is 10.6 Å².